The zero-order valence-corrected chi connectivity index (χ0v) is 11.7. The minimum absolute atomic E-state index is 0.235. The van der Waals surface area contributed by atoms with Gasteiger partial charge in [0.15, 0.2) is 0 Å². The number of ether oxygens (including phenoxy) is 1. The number of benzene rings is 1. The van der Waals surface area contributed by atoms with E-state index in [0.717, 1.165) is 19.8 Å². The molecule has 2 nitrogen and oxygen atoms in total. The average Bonchev–Trinajstić information content (AvgIpc) is 2.78. The Labute approximate surface area is 110 Å². The molecule has 2 heteroatoms. The Hall–Kier alpha value is -0.860. The van der Waals surface area contributed by atoms with Gasteiger partial charge in [0.25, 0.3) is 0 Å². The van der Waals surface area contributed by atoms with Crippen LogP contribution in [0, 0.1) is 20.8 Å². The Balaban J connectivity index is 2.03. The quantitative estimate of drug-likeness (QED) is 0.865. The van der Waals surface area contributed by atoms with Crippen LogP contribution < -0.4 is 5.32 Å². The summed E-state index contributed by atoms with van der Waals surface area (Å²) in [4.78, 5) is 0. The highest BCUT2D eigenvalue weighted by molar-refractivity contribution is 5.43. The molecule has 2 saturated heterocycles. The van der Waals surface area contributed by atoms with Gasteiger partial charge in [-0.2, -0.15) is 0 Å². The first-order valence-electron chi connectivity index (χ1n) is 7.03. The smallest absolute Gasteiger partial charge is 0.0600 e. The first-order chi connectivity index (χ1) is 8.63. The van der Waals surface area contributed by atoms with Gasteiger partial charge in [0.05, 0.1) is 18.6 Å². The van der Waals surface area contributed by atoms with Crippen molar-refractivity contribution in [3.8, 4) is 0 Å². The highest BCUT2D eigenvalue weighted by Gasteiger charge is 2.48. The van der Waals surface area contributed by atoms with Crippen LogP contribution in [0.5, 0.6) is 0 Å². The topological polar surface area (TPSA) is 21.3 Å². The number of hydrogen-bond donors (Lipinski definition) is 1. The Kier molecular flexibility index (Phi) is 2.95. The van der Waals surface area contributed by atoms with Crippen molar-refractivity contribution >= 4 is 0 Å². The van der Waals surface area contributed by atoms with Crippen LogP contribution in [-0.2, 0) is 10.2 Å². The molecule has 1 aromatic rings. The van der Waals surface area contributed by atoms with Crippen LogP contribution in [-0.4, -0.2) is 25.8 Å². The van der Waals surface area contributed by atoms with Crippen LogP contribution in [0.4, 0.5) is 0 Å². The van der Waals surface area contributed by atoms with E-state index in [1.165, 1.54) is 35.1 Å². The number of rotatable bonds is 2. The lowest BCUT2D eigenvalue weighted by atomic mass is 9.70. The molecule has 18 heavy (non-hydrogen) atoms. The molecule has 1 aromatic carbocycles. The fourth-order valence-corrected chi connectivity index (χ4v) is 3.52. The fraction of sp³-hybridized carbons (Fsp3) is 0.625. The normalized spacial score (nSPS) is 26.1. The summed E-state index contributed by atoms with van der Waals surface area (Å²) in [7, 11) is 0. The van der Waals surface area contributed by atoms with Crippen molar-refractivity contribution in [3.63, 3.8) is 0 Å². The van der Waals surface area contributed by atoms with E-state index in [0.29, 0.717) is 6.04 Å². The van der Waals surface area contributed by atoms with E-state index in [4.69, 9.17) is 4.74 Å². The van der Waals surface area contributed by atoms with Crippen molar-refractivity contribution in [2.24, 2.45) is 0 Å². The summed E-state index contributed by atoms with van der Waals surface area (Å²) >= 11 is 0. The third-order valence-corrected chi connectivity index (χ3v) is 4.82. The molecule has 0 saturated carbocycles. The molecule has 2 aliphatic rings. The van der Waals surface area contributed by atoms with Gasteiger partial charge < -0.3 is 10.1 Å². The molecule has 2 aliphatic heterocycles. The van der Waals surface area contributed by atoms with Crippen molar-refractivity contribution in [2.45, 2.75) is 45.1 Å². The molecule has 1 atom stereocenters. The zero-order valence-electron chi connectivity index (χ0n) is 11.7. The lowest BCUT2D eigenvalue weighted by Gasteiger charge is -2.47. The van der Waals surface area contributed by atoms with Crippen molar-refractivity contribution in [1.29, 1.82) is 0 Å². The maximum Gasteiger partial charge on any atom is 0.0600 e. The average molecular weight is 245 g/mol. The predicted molar refractivity (Wildman–Crippen MR) is 74.2 cm³/mol. The molecule has 2 fully saturated rings. The van der Waals surface area contributed by atoms with Crippen LogP contribution in [0.2, 0.25) is 0 Å². The molecule has 0 spiro atoms. The molecule has 0 aliphatic carbocycles. The summed E-state index contributed by atoms with van der Waals surface area (Å²) in [5.41, 5.74) is 5.97. The monoisotopic (exact) mass is 245 g/mol. The number of nitrogens with one attached hydrogen (secondary N) is 1. The summed E-state index contributed by atoms with van der Waals surface area (Å²) in [6.07, 6.45) is 2.59. The summed E-state index contributed by atoms with van der Waals surface area (Å²) < 4.78 is 5.59. The molecular formula is C16H23NO. The minimum atomic E-state index is 0.235. The van der Waals surface area contributed by atoms with E-state index in [9.17, 15) is 0 Å². The summed E-state index contributed by atoms with van der Waals surface area (Å²) in [5.74, 6) is 0. The van der Waals surface area contributed by atoms with Gasteiger partial charge in [-0.15, -0.1) is 0 Å². The largest absolute Gasteiger partial charge is 0.379 e. The van der Waals surface area contributed by atoms with Gasteiger partial charge in [0.2, 0.25) is 0 Å². The lowest BCUT2D eigenvalue weighted by Crippen LogP contribution is -2.58. The van der Waals surface area contributed by atoms with Crippen molar-refractivity contribution < 1.29 is 4.74 Å². The van der Waals surface area contributed by atoms with Gasteiger partial charge in [-0.25, -0.2) is 0 Å². The van der Waals surface area contributed by atoms with E-state index in [1.54, 1.807) is 0 Å². The fourth-order valence-electron chi connectivity index (χ4n) is 3.52. The van der Waals surface area contributed by atoms with Gasteiger partial charge in [0, 0.05) is 6.04 Å². The van der Waals surface area contributed by atoms with Crippen LogP contribution >= 0.6 is 0 Å². The van der Waals surface area contributed by atoms with Gasteiger partial charge in [-0.3, -0.25) is 0 Å². The molecule has 0 aromatic heterocycles. The lowest BCUT2D eigenvalue weighted by molar-refractivity contribution is -0.0764. The molecule has 0 radical (unpaired) electrons. The molecule has 2 heterocycles. The summed E-state index contributed by atoms with van der Waals surface area (Å²) in [6, 6.07) is 5.33. The van der Waals surface area contributed by atoms with Gasteiger partial charge in [-0.1, -0.05) is 12.1 Å². The van der Waals surface area contributed by atoms with E-state index < -0.39 is 0 Å². The van der Waals surface area contributed by atoms with E-state index in [-0.39, 0.29) is 5.41 Å². The van der Waals surface area contributed by atoms with Gasteiger partial charge in [-0.05, 0) is 62.4 Å². The van der Waals surface area contributed by atoms with Gasteiger partial charge >= 0.3 is 0 Å². The third kappa shape index (κ3) is 1.70. The van der Waals surface area contributed by atoms with Crippen LogP contribution in [0.3, 0.4) is 0 Å². The molecule has 1 unspecified atom stereocenters. The number of aryl methyl sites for hydroxylation is 3. The Morgan fingerprint density at radius 3 is 2.39 bits per heavy atom. The van der Waals surface area contributed by atoms with Crippen LogP contribution in [0.25, 0.3) is 0 Å². The van der Waals surface area contributed by atoms with Gasteiger partial charge in [0.1, 0.15) is 0 Å². The predicted octanol–water partition coefficient (Wildman–Crippen LogP) is 2.63. The van der Waals surface area contributed by atoms with E-state index in [2.05, 4.69) is 38.2 Å². The summed E-state index contributed by atoms with van der Waals surface area (Å²) in [6.45, 7) is 9.59. The van der Waals surface area contributed by atoms with E-state index >= 15 is 0 Å². The Morgan fingerprint density at radius 1 is 1.11 bits per heavy atom. The Morgan fingerprint density at radius 2 is 1.83 bits per heavy atom. The SMILES string of the molecule is Cc1cc(C)c(C2(C3CCCN3)COC2)cc1C. The highest BCUT2D eigenvalue weighted by Crippen LogP contribution is 2.41. The maximum atomic E-state index is 5.59. The second-order valence-corrected chi connectivity index (χ2v) is 6.05. The second kappa shape index (κ2) is 4.36. The minimum Gasteiger partial charge on any atom is -0.379 e. The van der Waals surface area contributed by atoms with Crippen LogP contribution in [0.1, 0.15) is 35.1 Å². The summed E-state index contributed by atoms with van der Waals surface area (Å²) in [5, 5.41) is 3.68. The maximum absolute atomic E-state index is 5.59. The van der Waals surface area contributed by atoms with Crippen LogP contribution in [0.15, 0.2) is 12.1 Å². The van der Waals surface area contributed by atoms with Crippen molar-refractivity contribution in [3.05, 3.63) is 34.4 Å². The molecule has 1 N–H and O–H groups in total. The molecule has 98 valence electrons. The van der Waals surface area contributed by atoms with Crippen molar-refractivity contribution in [1.82, 2.24) is 5.32 Å². The first kappa shape index (κ1) is 12.2. The highest BCUT2D eigenvalue weighted by atomic mass is 16.5. The zero-order chi connectivity index (χ0) is 12.8. The van der Waals surface area contributed by atoms with E-state index in [1.807, 2.05) is 0 Å². The molecule has 0 bridgehead atoms. The Bertz CT molecular complexity index is 456. The second-order valence-electron chi connectivity index (χ2n) is 6.05. The number of hydrogen-bond acceptors (Lipinski definition) is 2. The first-order valence-corrected chi connectivity index (χ1v) is 7.03. The van der Waals surface area contributed by atoms with Crippen molar-refractivity contribution in [2.75, 3.05) is 19.8 Å². The standard InChI is InChI=1S/C16H23NO/c1-11-7-13(3)14(8-12(11)2)16(9-18-10-16)15-5-4-6-17-15/h7-8,15,17H,4-6,9-10H2,1-3H3. The third-order valence-electron chi connectivity index (χ3n) is 4.82. The molecule has 0 amide bonds. The molecular weight excluding hydrogens is 222 g/mol. The molecule has 3 rings (SSSR count).